The van der Waals surface area contributed by atoms with Crippen LogP contribution in [0.1, 0.15) is 43.4 Å². The zero-order valence-electron chi connectivity index (χ0n) is 12.6. The minimum atomic E-state index is 0.356. The fourth-order valence-corrected chi connectivity index (χ4v) is 2.82. The van der Waals surface area contributed by atoms with Crippen LogP contribution in [0.25, 0.3) is 0 Å². The predicted molar refractivity (Wildman–Crippen MR) is 82.4 cm³/mol. The van der Waals surface area contributed by atoms with Crippen molar-refractivity contribution in [1.29, 1.82) is 5.26 Å². The fourth-order valence-electron chi connectivity index (χ4n) is 2.82. The maximum absolute atomic E-state index is 8.80. The second kappa shape index (κ2) is 7.42. The first-order valence-corrected chi connectivity index (χ1v) is 7.61. The molecule has 20 heavy (non-hydrogen) atoms. The van der Waals surface area contributed by atoms with Gasteiger partial charge in [-0.25, -0.2) is 0 Å². The minimum Gasteiger partial charge on any atom is -0.310 e. The van der Waals surface area contributed by atoms with Gasteiger partial charge in [-0.2, -0.15) is 5.26 Å². The third kappa shape index (κ3) is 4.33. The van der Waals surface area contributed by atoms with E-state index < -0.39 is 0 Å². The van der Waals surface area contributed by atoms with Crippen molar-refractivity contribution in [2.45, 2.75) is 32.2 Å². The van der Waals surface area contributed by atoms with Gasteiger partial charge < -0.3 is 10.2 Å². The molecule has 3 heteroatoms. The summed E-state index contributed by atoms with van der Waals surface area (Å²) in [5, 5.41) is 12.4. The van der Waals surface area contributed by atoms with Crippen molar-refractivity contribution in [3.63, 3.8) is 0 Å². The summed E-state index contributed by atoms with van der Waals surface area (Å²) in [5.41, 5.74) is 1.99. The Morgan fingerprint density at radius 1 is 1.30 bits per heavy atom. The van der Waals surface area contributed by atoms with E-state index in [1.54, 1.807) is 0 Å². The number of hydrogen-bond donors (Lipinski definition) is 1. The highest BCUT2D eigenvalue weighted by atomic mass is 15.1. The van der Waals surface area contributed by atoms with E-state index in [2.05, 4.69) is 30.3 Å². The minimum absolute atomic E-state index is 0.356. The van der Waals surface area contributed by atoms with Crippen molar-refractivity contribution in [2.24, 2.45) is 5.92 Å². The van der Waals surface area contributed by atoms with Crippen LogP contribution in [0.4, 0.5) is 0 Å². The molecule has 1 fully saturated rings. The number of nitrogens with zero attached hydrogens (tertiary/aromatic N) is 2. The van der Waals surface area contributed by atoms with E-state index in [1.165, 1.54) is 37.9 Å². The highest BCUT2D eigenvalue weighted by Crippen LogP contribution is 2.19. The number of benzene rings is 1. The van der Waals surface area contributed by atoms with E-state index >= 15 is 0 Å². The van der Waals surface area contributed by atoms with Crippen molar-refractivity contribution < 1.29 is 0 Å². The molecule has 3 nitrogen and oxygen atoms in total. The van der Waals surface area contributed by atoms with Gasteiger partial charge in [-0.1, -0.05) is 12.1 Å². The van der Waals surface area contributed by atoms with Gasteiger partial charge in [0.1, 0.15) is 0 Å². The molecule has 0 spiro atoms. The number of hydrogen-bond acceptors (Lipinski definition) is 3. The van der Waals surface area contributed by atoms with E-state index in [1.807, 2.05) is 24.3 Å². The SMILES string of the molecule is CC(NCCC1CCN(C)CC1)c1ccc(C#N)cc1. The van der Waals surface area contributed by atoms with E-state index in [-0.39, 0.29) is 0 Å². The summed E-state index contributed by atoms with van der Waals surface area (Å²) < 4.78 is 0. The first kappa shape index (κ1) is 15.0. The quantitative estimate of drug-likeness (QED) is 0.895. The molecule has 0 bridgehead atoms. The Morgan fingerprint density at radius 2 is 1.95 bits per heavy atom. The first-order chi connectivity index (χ1) is 9.69. The zero-order valence-corrected chi connectivity index (χ0v) is 12.6. The lowest BCUT2D eigenvalue weighted by molar-refractivity contribution is 0.211. The maximum atomic E-state index is 8.80. The first-order valence-electron chi connectivity index (χ1n) is 7.61. The molecule has 0 aliphatic carbocycles. The summed E-state index contributed by atoms with van der Waals surface area (Å²) in [5.74, 6) is 0.881. The molecule has 1 aliphatic heterocycles. The molecule has 1 aliphatic rings. The molecule has 1 aromatic carbocycles. The van der Waals surface area contributed by atoms with Crippen LogP contribution in [0.2, 0.25) is 0 Å². The van der Waals surface area contributed by atoms with Crippen molar-refractivity contribution in [1.82, 2.24) is 10.2 Å². The third-order valence-electron chi connectivity index (χ3n) is 4.38. The van der Waals surface area contributed by atoms with Crippen molar-refractivity contribution >= 4 is 0 Å². The second-order valence-corrected chi connectivity index (χ2v) is 5.94. The van der Waals surface area contributed by atoms with E-state index in [0.29, 0.717) is 6.04 Å². The lowest BCUT2D eigenvalue weighted by Gasteiger charge is -2.29. The van der Waals surface area contributed by atoms with Gasteiger partial charge in [0, 0.05) is 6.04 Å². The molecule has 0 amide bonds. The maximum Gasteiger partial charge on any atom is 0.0991 e. The van der Waals surface area contributed by atoms with Crippen molar-refractivity contribution in [3.05, 3.63) is 35.4 Å². The Bertz CT molecular complexity index is 438. The summed E-state index contributed by atoms with van der Waals surface area (Å²) in [6.07, 6.45) is 3.95. The normalized spacial score (nSPS) is 18.6. The number of likely N-dealkylation sites (tertiary alicyclic amines) is 1. The molecule has 2 rings (SSSR count). The average molecular weight is 271 g/mol. The molecule has 1 heterocycles. The molecule has 1 atom stereocenters. The molecule has 0 aromatic heterocycles. The smallest absolute Gasteiger partial charge is 0.0991 e. The van der Waals surface area contributed by atoms with Crippen LogP contribution in [-0.2, 0) is 0 Å². The van der Waals surface area contributed by atoms with Crippen LogP contribution >= 0.6 is 0 Å². The van der Waals surface area contributed by atoms with E-state index in [0.717, 1.165) is 18.0 Å². The molecular formula is C17H25N3. The van der Waals surface area contributed by atoms with E-state index in [9.17, 15) is 0 Å². The van der Waals surface area contributed by atoms with Gasteiger partial charge >= 0.3 is 0 Å². The largest absolute Gasteiger partial charge is 0.310 e. The van der Waals surface area contributed by atoms with Gasteiger partial charge in [-0.3, -0.25) is 0 Å². The van der Waals surface area contributed by atoms with Crippen LogP contribution in [0.5, 0.6) is 0 Å². The van der Waals surface area contributed by atoms with Gasteiger partial charge in [0.2, 0.25) is 0 Å². The van der Waals surface area contributed by atoms with Crippen LogP contribution in [-0.4, -0.2) is 31.6 Å². The molecule has 108 valence electrons. The average Bonchev–Trinajstić information content (AvgIpc) is 2.49. The third-order valence-corrected chi connectivity index (χ3v) is 4.38. The lowest BCUT2D eigenvalue weighted by atomic mass is 9.93. The lowest BCUT2D eigenvalue weighted by Crippen LogP contribution is -2.32. The second-order valence-electron chi connectivity index (χ2n) is 5.94. The van der Waals surface area contributed by atoms with Crippen LogP contribution < -0.4 is 5.32 Å². The fraction of sp³-hybridized carbons (Fsp3) is 0.588. The number of nitriles is 1. The molecule has 1 N–H and O–H groups in total. The van der Waals surface area contributed by atoms with E-state index in [4.69, 9.17) is 5.26 Å². The number of nitrogens with one attached hydrogen (secondary N) is 1. The topological polar surface area (TPSA) is 39.1 Å². The Labute approximate surface area is 122 Å². The number of rotatable bonds is 5. The summed E-state index contributed by atoms with van der Waals surface area (Å²) in [6.45, 7) is 5.76. The molecule has 1 unspecified atom stereocenters. The molecule has 1 saturated heterocycles. The highest BCUT2D eigenvalue weighted by molar-refractivity contribution is 5.32. The van der Waals surface area contributed by atoms with Crippen LogP contribution in [0.3, 0.4) is 0 Å². The van der Waals surface area contributed by atoms with Gasteiger partial charge in [0.15, 0.2) is 0 Å². The molecule has 0 radical (unpaired) electrons. The van der Waals surface area contributed by atoms with Gasteiger partial charge in [0.25, 0.3) is 0 Å². The molecule has 0 saturated carbocycles. The summed E-state index contributed by atoms with van der Waals surface area (Å²) in [7, 11) is 2.21. The Hall–Kier alpha value is -1.37. The van der Waals surface area contributed by atoms with Crippen molar-refractivity contribution in [2.75, 3.05) is 26.7 Å². The standard InChI is InChI=1S/C17H25N3/c1-14(17-5-3-16(13-18)4-6-17)19-10-7-15-8-11-20(2)12-9-15/h3-6,14-15,19H,7-12H2,1-2H3. The van der Waals surface area contributed by atoms with Crippen LogP contribution in [0.15, 0.2) is 24.3 Å². The Morgan fingerprint density at radius 3 is 2.55 bits per heavy atom. The highest BCUT2D eigenvalue weighted by Gasteiger charge is 2.16. The monoisotopic (exact) mass is 271 g/mol. The van der Waals surface area contributed by atoms with Crippen molar-refractivity contribution in [3.8, 4) is 6.07 Å². The van der Waals surface area contributed by atoms with Crippen LogP contribution in [0, 0.1) is 17.2 Å². The summed E-state index contributed by atoms with van der Waals surface area (Å²) in [4.78, 5) is 2.42. The van der Waals surface area contributed by atoms with Gasteiger partial charge in [-0.15, -0.1) is 0 Å². The molecular weight excluding hydrogens is 246 g/mol. The summed E-state index contributed by atoms with van der Waals surface area (Å²) >= 11 is 0. The Balaban J connectivity index is 1.72. The predicted octanol–water partition coefficient (Wildman–Crippen LogP) is 2.94. The Kier molecular flexibility index (Phi) is 5.58. The number of piperidine rings is 1. The van der Waals surface area contributed by atoms with Gasteiger partial charge in [0.05, 0.1) is 11.6 Å². The zero-order chi connectivity index (χ0) is 14.4. The van der Waals surface area contributed by atoms with Gasteiger partial charge in [-0.05, 0) is 76.5 Å². The summed E-state index contributed by atoms with van der Waals surface area (Å²) in [6, 6.07) is 10.4. The molecule has 1 aromatic rings.